The summed E-state index contributed by atoms with van der Waals surface area (Å²) in [6, 6.07) is 5.76. The van der Waals surface area contributed by atoms with Crippen LogP contribution in [0.5, 0.6) is 0 Å². The van der Waals surface area contributed by atoms with E-state index in [1.165, 1.54) is 0 Å². The van der Waals surface area contributed by atoms with Crippen LogP contribution in [0.3, 0.4) is 0 Å². The Balaban J connectivity index is 1.62. The molecule has 0 spiro atoms. The lowest BCUT2D eigenvalue weighted by Gasteiger charge is -2.44. The number of rotatable bonds is 6. The Morgan fingerprint density at radius 1 is 1.41 bits per heavy atom. The highest BCUT2D eigenvalue weighted by Crippen LogP contribution is 2.42. The molecule has 32 heavy (non-hydrogen) atoms. The number of hydrogen-bond donors (Lipinski definition) is 5. The fraction of sp³-hybridized carbons (Fsp3) is 0.652. The van der Waals surface area contributed by atoms with Gasteiger partial charge in [0, 0.05) is 30.1 Å². The van der Waals surface area contributed by atoms with E-state index in [9.17, 15) is 10.2 Å². The van der Waals surface area contributed by atoms with Crippen molar-refractivity contribution in [3.63, 3.8) is 0 Å². The van der Waals surface area contributed by atoms with Gasteiger partial charge in [0.15, 0.2) is 6.23 Å². The molecule has 1 aromatic carbocycles. The van der Waals surface area contributed by atoms with Crippen molar-refractivity contribution in [1.29, 1.82) is 0 Å². The van der Waals surface area contributed by atoms with Gasteiger partial charge in [0.2, 0.25) is 5.82 Å². The smallest absolute Gasteiger partial charge is 0.209 e. The zero-order valence-electron chi connectivity index (χ0n) is 19.4. The highest BCUT2D eigenvalue weighted by atomic mass is 35.5. The molecule has 0 radical (unpaired) electrons. The van der Waals surface area contributed by atoms with Crippen molar-refractivity contribution in [2.75, 3.05) is 33.9 Å². The van der Waals surface area contributed by atoms with Crippen LogP contribution in [-0.2, 0) is 17.7 Å². The van der Waals surface area contributed by atoms with Crippen molar-refractivity contribution in [1.82, 2.24) is 15.5 Å². The van der Waals surface area contributed by atoms with E-state index in [0.717, 1.165) is 35.5 Å². The van der Waals surface area contributed by atoms with E-state index in [-0.39, 0.29) is 6.17 Å². The van der Waals surface area contributed by atoms with E-state index in [1.54, 1.807) is 6.92 Å². The topological polar surface area (TPSA) is 103 Å². The minimum absolute atomic E-state index is 0.194. The fourth-order valence-corrected chi connectivity index (χ4v) is 5.50. The van der Waals surface area contributed by atoms with Crippen LogP contribution in [0.4, 0.5) is 0 Å². The zero-order valence-corrected chi connectivity index (χ0v) is 20.2. The Bertz CT molecular complexity index is 894. The number of nitrogens with one attached hydrogen (secondary N) is 2. The first kappa shape index (κ1) is 23.9. The van der Waals surface area contributed by atoms with Gasteiger partial charge in [-0.2, -0.15) is 0 Å². The molecule has 6 atom stereocenters. The Kier molecular flexibility index (Phi) is 6.61. The van der Waals surface area contributed by atoms with E-state index in [2.05, 4.69) is 29.5 Å². The predicted molar refractivity (Wildman–Crippen MR) is 124 cm³/mol. The molecule has 0 saturated carbocycles. The van der Waals surface area contributed by atoms with Gasteiger partial charge < -0.3 is 26.0 Å². The second kappa shape index (κ2) is 8.85. The Morgan fingerprint density at radius 2 is 2.16 bits per heavy atom. The number of aliphatic hydroxyl groups is 2. The van der Waals surface area contributed by atoms with E-state index in [4.69, 9.17) is 22.1 Å². The first-order valence-corrected chi connectivity index (χ1v) is 11.8. The van der Waals surface area contributed by atoms with Crippen LogP contribution in [0.15, 0.2) is 29.6 Å². The van der Waals surface area contributed by atoms with Gasteiger partial charge in [-0.25, -0.2) is 0 Å². The van der Waals surface area contributed by atoms with Gasteiger partial charge in [-0.15, -0.1) is 0 Å². The highest BCUT2D eigenvalue weighted by molar-refractivity contribution is 6.30. The van der Waals surface area contributed by atoms with Gasteiger partial charge in [-0.1, -0.05) is 17.7 Å². The van der Waals surface area contributed by atoms with Crippen LogP contribution in [0.1, 0.15) is 31.4 Å². The third-order valence-electron chi connectivity index (χ3n) is 7.50. The lowest BCUT2D eigenvalue weighted by atomic mass is 9.89. The van der Waals surface area contributed by atoms with Crippen molar-refractivity contribution in [2.24, 2.45) is 5.73 Å². The molecular formula is C23H37ClN5O3+. The second-order valence-corrected chi connectivity index (χ2v) is 10.1. The number of nitrogens with two attached hydrogens (primary N) is 1. The second-order valence-electron chi connectivity index (χ2n) is 9.68. The van der Waals surface area contributed by atoms with Gasteiger partial charge in [-0.05, 0) is 50.6 Å². The van der Waals surface area contributed by atoms with Crippen LogP contribution in [0.2, 0.25) is 5.02 Å². The van der Waals surface area contributed by atoms with Gasteiger partial charge in [0.1, 0.15) is 18.4 Å². The first-order chi connectivity index (χ1) is 15.1. The molecule has 0 aromatic heterocycles. The summed E-state index contributed by atoms with van der Waals surface area (Å²) in [6.07, 6.45) is -1.12. The minimum atomic E-state index is -1.39. The summed E-state index contributed by atoms with van der Waals surface area (Å²) >= 11 is 6.20. The molecule has 1 fully saturated rings. The molecule has 1 saturated heterocycles. The Labute approximate surface area is 195 Å². The lowest BCUT2D eigenvalue weighted by Crippen LogP contribution is -2.62. The molecule has 9 heteroatoms. The molecule has 3 aliphatic heterocycles. The summed E-state index contributed by atoms with van der Waals surface area (Å²) < 4.78 is 7.10. The summed E-state index contributed by atoms with van der Waals surface area (Å²) in [6.45, 7) is 6.79. The fourth-order valence-electron chi connectivity index (χ4n) is 5.31. The Morgan fingerprint density at radius 3 is 2.84 bits per heavy atom. The van der Waals surface area contributed by atoms with Crippen LogP contribution >= 0.6 is 11.6 Å². The predicted octanol–water partition coefficient (Wildman–Crippen LogP) is 0.668. The van der Waals surface area contributed by atoms with Crippen LogP contribution in [0.25, 0.3) is 0 Å². The molecule has 8 nitrogen and oxygen atoms in total. The average Bonchev–Trinajstić information content (AvgIpc) is 3.29. The molecule has 0 amide bonds. The first-order valence-electron chi connectivity index (χ1n) is 11.4. The number of nitrogens with zero attached hydrogens (tertiary/aromatic N) is 2. The van der Waals surface area contributed by atoms with Crippen molar-refractivity contribution in [3.05, 3.63) is 45.7 Å². The summed E-state index contributed by atoms with van der Waals surface area (Å²) in [5.41, 5.74) is 8.22. The maximum Gasteiger partial charge on any atom is 0.209 e. The number of halogens is 1. The summed E-state index contributed by atoms with van der Waals surface area (Å²) in [5.74, 6) is 1.11. The molecule has 0 bridgehead atoms. The van der Waals surface area contributed by atoms with E-state index >= 15 is 0 Å². The van der Waals surface area contributed by atoms with Gasteiger partial charge in [-0.3, -0.25) is 14.7 Å². The molecule has 2 unspecified atom stereocenters. The molecular weight excluding hydrogens is 430 g/mol. The summed E-state index contributed by atoms with van der Waals surface area (Å²) in [4.78, 5) is 2.13. The van der Waals surface area contributed by atoms with Crippen LogP contribution < -0.4 is 16.4 Å². The monoisotopic (exact) mass is 466 g/mol. The normalized spacial score (nSPS) is 37.3. The molecule has 1 aromatic rings. The third-order valence-corrected chi connectivity index (χ3v) is 7.73. The number of ether oxygens (including phenoxy) is 1. The molecule has 3 heterocycles. The van der Waals surface area contributed by atoms with E-state index in [0.29, 0.717) is 35.7 Å². The maximum absolute atomic E-state index is 11.3. The van der Waals surface area contributed by atoms with Crippen molar-refractivity contribution >= 4 is 11.6 Å². The molecule has 0 aliphatic carbocycles. The summed E-state index contributed by atoms with van der Waals surface area (Å²) in [5, 5.41) is 29.8. The number of aliphatic hydroxyl groups excluding tert-OH is 1. The molecule has 178 valence electrons. The molecule has 4 rings (SSSR count). The minimum Gasteiger partial charge on any atom is -0.385 e. The van der Waals surface area contributed by atoms with Crippen molar-refractivity contribution in [2.45, 2.75) is 63.4 Å². The molecule has 3 aliphatic rings. The standard InChI is InChI=1S/C23H37ClN5O3/c1-5-29(4)13-27-20(25)17-8-9-28(21(17)29)22-19(30)23(2,31)18(32-22)11-14-6-7-16(24)10-15(14)12-26-3/h6-7,10,18-20,22,26-27,30-31H,5,8-9,11-13,25H2,1-4H3/q+1/t18-,19+,20?,22-,23-,29?/m1/s1. The largest absolute Gasteiger partial charge is 0.385 e. The zero-order chi connectivity index (χ0) is 23.3. The maximum atomic E-state index is 11.3. The van der Waals surface area contributed by atoms with E-state index < -0.39 is 24.0 Å². The van der Waals surface area contributed by atoms with E-state index in [1.807, 2.05) is 25.2 Å². The van der Waals surface area contributed by atoms with Gasteiger partial charge in [0.25, 0.3) is 0 Å². The quantitative estimate of drug-likeness (QED) is 0.392. The number of quaternary nitrogens is 1. The SMILES string of the molecule is CC[N+]1(C)CNC(N)C2=C1N([C@@H]1O[C@H](Cc3ccc(Cl)cc3CNC)[C@@](C)(O)[C@H]1O)CC2. The third kappa shape index (κ3) is 3.97. The van der Waals surface area contributed by atoms with Gasteiger partial charge in [0.05, 0.1) is 25.9 Å². The van der Waals surface area contributed by atoms with Gasteiger partial charge >= 0.3 is 0 Å². The van der Waals surface area contributed by atoms with Crippen LogP contribution in [-0.4, -0.2) is 83.7 Å². The highest BCUT2D eigenvalue weighted by Gasteiger charge is 2.57. The van der Waals surface area contributed by atoms with Crippen molar-refractivity contribution in [3.8, 4) is 0 Å². The average molecular weight is 467 g/mol. The molecule has 6 N–H and O–H groups in total. The lowest BCUT2D eigenvalue weighted by molar-refractivity contribution is -0.885. The summed E-state index contributed by atoms with van der Waals surface area (Å²) in [7, 11) is 4.05. The van der Waals surface area contributed by atoms with Crippen molar-refractivity contribution < 1.29 is 19.4 Å². The number of hydrogen-bond acceptors (Lipinski definition) is 7. The number of benzene rings is 1. The Hall–Kier alpha value is -1.23. The van der Waals surface area contributed by atoms with Crippen LogP contribution in [0, 0.1) is 0 Å².